The second kappa shape index (κ2) is 11.2. The summed E-state index contributed by atoms with van der Waals surface area (Å²) >= 11 is 0. The molecule has 0 aromatic carbocycles. The van der Waals surface area contributed by atoms with Crippen molar-refractivity contribution in [1.82, 2.24) is 0 Å². The number of hydrogen-bond acceptors (Lipinski definition) is 8. The molecule has 0 amide bonds. The van der Waals surface area contributed by atoms with Gasteiger partial charge in [0, 0.05) is 25.5 Å². The number of ketones is 1. The molecule has 0 bridgehead atoms. The third-order valence-corrected chi connectivity index (χ3v) is 5.57. The Morgan fingerprint density at radius 2 is 1.89 bits per heavy atom. The highest BCUT2D eigenvalue weighted by Gasteiger charge is 2.35. The average Bonchev–Trinajstić information content (AvgIpc) is 2.64. The lowest BCUT2D eigenvalue weighted by molar-refractivity contribution is -0.134. The van der Waals surface area contributed by atoms with Crippen LogP contribution in [0.15, 0.2) is 11.3 Å². The molecule has 1 heterocycles. The molecule has 0 spiro atoms. The fourth-order valence-corrected chi connectivity index (χ4v) is 4.02. The van der Waals surface area contributed by atoms with E-state index in [0.717, 1.165) is 0 Å². The molecule has 4 N–H and O–H groups in total. The van der Waals surface area contributed by atoms with Crippen LogP contribution in [0.3, 0.4) is 0 Å². The van der Waals surface area contributed by atoms with Gasteiger partial charge in [0.1, 0.15) is 12.9 Å². The van der Waals surface area contributed by atoms with Crippen molar-refractivity contribution in [2.45, 2.75) is 89.0 Å². The van der Waals surface area contributed by atoms with Crippen molar-refractivity contribution in [3.05, 3.63) is 11.3 Å². The second-order valence-corrected chi connectivity index (χ2v) is 7.83. The Hall–Kier alpha value is -1.03. The van der Waals surface area contributed by atoms with Gasteiger partial charge in [0.05, 0.1) is 24.1 Å². The average molecular weight is 402 g/mol. The molecule has 0 aromatic rings. The van der Waals surface area contributed by atoms with Crippen LogP contribution in [0, 0.1) is 5.92 Å². The molecule has 28 heavy (non-hydrogen) atoms. The fourth-order valence-electron chi connectivity index (χ4n) is 4.02. The van der Waals surface area contributed by atoms with E-state index in [0.29, 0.717) is 37.7 Å². The summed E-state index contributed by atoms with van der Waals surface area (Å²) in [6.45, 7) is 1.91. The molecule has 1 aliphatic carbocycles. The maximum Gasteiger partial charge on any atom is 0.181 e. The molecule has 2 rings (SSSR count). The van der Waals surface area contributed by atoms with Crippen molar-refractivity contribution in [2.24, 2.45) is 5.92 Å². The number of aliphatic hydroxyl groups is 4. The third-order valence-electron chi connectivity index (χ3n) is 5.57. The predicted molar refractivity (Wildman–Crippen MR) is 100 cm³/mol. The number of Topliss-reactive ketones (excluding diaryl/α,β-unsaturated/α-hetero) is 1. The Bertz CT molecular complexity index is 534. The smallest absolute Gasteiger partial charge is 0.181 e. The van der Waals surface area contributed by atoms with Gasteiger partial charge in [-0.15, -0.1) is 0 Å². The predicted octanol–water partition coefficient (Wildman–Crippen LogP) is 1.57. The first-order valence-corrected chi connectivity index (χ1v) is 10.1. The van der Waals surface area contributed by atoms with Gasteiger partial charge in [-0.3, -0.25) is 4.79 Å². The monoisotopic (exact) mass is 402 g/mol. The fraction of sp³-hybridized carbons (Fsp3) is 0.850. The minimum absolute atomic E-state index is 0.0694. The largest absolute Gasteiger partial charge is 0.512 e. The number of aliphatic hydroxyl groups excluding tert-OH is 4. The Morgan fingerprint density at radius 1 is 1.14 bits per heavy atom. The van der Waals surface area contributed by atoms with Crippen LogP contribution in [-0.2, 0) is 19.0 Å². The van der Waals surface area contributed by atoms with E-state index in [1.165, 1.54) is 7.11 Å². The molecule has 6 unspecified atom stereocenters. The van der Waals surface area contributed by atoms with Gasteiger partial charge < -0.3 is 34.6 Å². The van der Waals surface area contributed by atoms with Gasteiger partial charge in [0.15, 0.2) is 12.1 Å². The number of hydrogen-bond donors (Lipinski definition) is 4. The SMILES string of the molecule is COCOC1CC(O)=C2C(CCCC(O)C(O)C(=O)CCCC(C)OC2O)C1. The summed E-state index contributed by atoms with van der Waals surface area (Å²) in [5.74, 6) is -0.498. The zero-order valence-electron chi connectivity index (χ0n) is 16.7. The molecule has 8 heteroatoms. The molecule has 0 saturated carbocycles. The van der Waals surface area contributed by atoms with Gasteiger partial charge in [-0.1, -0.05) is 6.42 Å². The summed E-state index contributed by atoms with van der Waals surface area (Å²) < 4.78 is 16.2. The molecular formula is C20H34O8. The zero-order valence-corrected chi connectivity index (χ0v) is 16.7. The van der Waals surface area contributed by atoms with E-state index < -0.39 is 18.5 Å². The zero-order chi connectivity index (χ0) is 20.7. The van der Waals surface area contributed by atoms with Crippen LogP contribution >= 0.6 is 0 Å². The van der Waals surface area contributed by atoms with Crippen LogP contribution in [0.5, 0.6) is 0 Å². The number of methoxy groups -OCH3 is 1. The standard InChI is InChI=1S/C20H34O8/c1-12-5-3-7-15(21)19(24)16(22)8-4-6-13-9-14(27-11-26-2)10-17(23)18(13)20(25)28-12/h12-14,16,19-20,22-25H,3-11H2,1-2H3. The Labute approximate surface area is 166 Å². The first kappa shape index (κ1) is 23.3. The van der Waals surface area contributed by atoms with Gasteiger partial charge in [-0.05, 0) is 44.9 Å². The molecule has 162 valence electrons. The summed E-state index contributed by atoms with van der Waals surface area (Å²) in [4.78, 5) is 12.0. The van der Waals surface area contributed by atoms with Crippen molar-refractivity contribution in [2.75, 3.05) is 13.9 Å². The Kier molecular flexibility index (Phi) is 9.33. The van der Waals surface area contributed by atoms with Crippen molar-refractivity contribution in [3.63, 3.8) is 0 Å². The van der Waals surface area contributed by atoms with Crippen LogP contribution < -0.4 is 0 Å². The molecular weight excluding hydrogens is 368 g/mol. The van der Waals surface area contributed by atoms with Crippen LogP contribution in [0.4, 0.5) is 0 Å². The summed E-state index contributed by atoms with van der Waals surface area (Å²) in [6.07, 6.45) is -0.937. The van der Waals surface area contributed by atoms with Crippen molar-refractivity contribution >= 4 is 5.78 Å². The third kappa shape index (κ3) is 6.50. The molecule has 6 atom stereocenters. The van der Waals surface area contributed by atoms with E-state index >= 15 is 0 Å². The van der Waals surface area contributed by atoms with Crippen molar-refractivity contribution < 1.29 is 39.4 Å². The minimum Gasteiger partial charge on any atom is -0.512 e. The number of carbonyl (C=O) groups is 1. The summed E-state index contributed by atoms with van der Waals surface area (Å²) in [6, 6.07) is 0. The Balaban J connectivity index is 2.17. The molecule has 1 aliphatic heterocycles. The van der Waals surface area contributed by atoms with E-state index in [-0.39, 0.29) is 55.7 Å². The highest BCUT2D eigenvalue weighted by Crippen LogP contribution is 2.37. The summed E-state index contributed by atoms with van der Waals surface area (Å²) in [7, 11) is 1.53. The van der Waals surface area contributed by atoms with Crippen molar-refractivity contribution in [3.8, 4) is 0 Å². The van der Waals surface area contributed by atoms with Gasteiger partial charge in [-0.2, -0.15) is 0 Å². The van der Waals surface area contributed by atoms with Gasteiger partial charge in [0.25, 0.3) is 0 Å². The molecule has 1 fully saturated rings. The number of carbonyl (C=O) groups excluding carboxylic acids is 1. The number of ether oxygens (including phenoxy) is 3. The summed E-state index contributed by atoms with van der Waals surface area (Å²) in [5, 5.41) is 41.3. The van der Waals surface area contributed by atoms with Crippen LogP contribution in [0.2, 0.25) is 0 Å². The van der Waals surface area contributed by atoms with Crippen LogP contribution in [0.1, 0.15) is 58.3 Å². The van der Waals surface area contributed by atoms with E-state index in [1.807, 2.05) is 0 Å². The van der Waals surface area contributed by atoms with E-state index in [2.05, 4.69) is 0 Å². The second-order valence-electron chi connectivity index (χ2n) is 7.83. The van der Waals surface area contributed by atoms with E-state index in [1.54, 1.807) is 6.92 Å². The van der Waals surface area contributed by atoms with Gasteiger partial charge in [0.2, 0.25) is 0 Å². The number of fused-ring (bicyclic) bond motifs is 1. The van der Waals surface area contributed by atoms with E-state index in [9.17, 15) is 25.2 Å². The molecule has 1 saturated heterocycles. The molecule has 0 aromatic heterocycles. The lowest BCUT2D eigenvalue weighted by atomic mass is 9.80. The normalized spacial score (nSPS) is 36.7. The molecule has 8 nitrogen and oxygen atoms in total. The molecule has 2 aliphatic rings. The van der Waals surface area contributed by atoms with E-state index in [4.69, 9.17) is 14.2 Å². The number of rotatable bonds is 3. The van der Waals surface area contributed by atoms with Crippen LogP contribution in [0.25, 0.3) is 0 Å². The molecule has 0 radical (unpaired) electrons. The maximum absolute atomic E-state index is 12.0. The minimum atomic E-state index is -1.38. The highest BCUT2D eigenvalue weighted by atomic mass is 16.7. The van der Waals surface area contributed by atoms with Gasteiger partial charge in [-0.25, -0.2) is 0 Å². The topological polar surface area (TPSA) is 126 Å². The van der Waals surface area contributed by atoms with Crippen LogP contribution in [-0.4, -0.2) is 70.8 Å². The van der Waals surface area contributed by atoms with Gasteiger partial charge >= 0.3 is 0 Å². The Morgan fingerprint density at radius 3 is 2.61 bits per heavy atom. The first-order chi connectivity index (χ1) is 13.3. The summed E-state index contributed by atoms with van der Waals surface area (Å²) in [5.41, 5.74) is 0.465. The first-order valence-electron chi connectivity index (χ1n) is 10.1. The highest BCUT2D eigenvalue weighted by molar-refractivity contribution is 5.83. The van der Waals surface area contributed by atoms with Crippen molar-refractivity contribution in [1.29, 1.82) is 0 Å². The lowest BCUT2D eigenvalue weighted by Crippen LogP contribution is -2.36. The maximum atomic E-state index is 12.0. The lowest BCUT2D eigenvalue weighted by Gasteiger charge is -2.34. The quantitative estimate of drug-likeness (QED) is 0.524.